The molecule has 0 aliphatic heterocycles. The molecule has 0 bridgehead atoms. The summed E-state index contributed by atoms with van der Waals surface area (Å²) in [5, 5.41) is 7.37. The lowest BCUT2D eigenvalue weighted by atomic mass is 9.68. The normalized spacial score (nSPS) is 14.6. The lowest BCUT2D eigenvalue weighted by Crippen LogP contribution is -2.26. The predicted octanol–water partition coefficient (Wildman–Crippen LogP) is 14.3. The number of rotatable bonds is 4. The van der Waals surface area contributed by atoms with Gasteiger partial charge in [0, 0.05) is 16.7 Å². The molecule has 1 unspecified atom stereocenters. The summed E-state index contributed by atoms with van der Waals surface area (Å²) in [5.41, 5.74) is 15.0. The second-order valence-corrected chi connectivity index (χ2v) is 16.2. The molecule has 0 amide bonds. The first-order valence-electron chi connectivity index (χ1n) is 20.9. The van der Waals surface area contributed by atoms with Gasteiger partial charge in [-0.3, -0.25) is 0 Å². The Kier molecular flexibility index (Phi) is 7.22. The van der Waals surface area contributed by atoms with Crippen LogP contribution in [-0.4, -0.2) is 15.0 Å². The number of fused-ring (bicyclic) bond motifs is 16. The van der Waals surface area contributed by atoms with Crippen molar-refractivity contribution in [2.24, 2.45) is 0 Å². The summed E-state index contributed by atoms with van der Waals surface area (Å²) in [7, 11) is 0. The van der Waals surface area contributed by atoms with Gasteiger partial charge in [0.05, 0.1) is 5.41 Å². The van der Waals surface area contributed by atoms with Crippen LogP contribution in [0, 0.1) is 0 Å². The summed E-state index contributed by atoms with van der Waals surface area (Å²) in [6.45, 7) is 0. The summed E-state index contributed by atoms with van der Waals surface area (Å²) in [6.07, 6.45) is 0. The molecule has 0 N–H and O–H groups in total. The quantitative estimate of drug-likeness (QED) is 0.167. The lowest BCUT2D eigenvalue weighted by molar-refractivity contribution is 0.802. The van der Waals surface area contributed by atoms with E-state index in [0.717, 1.165) is 38.6 Å². The molecule has 3 nitrogen and oxygen atoms in total. The Bertz CT molecular complexity index is 3540. The fraction of sp³-hybridized carbons (Fsp3) is 0.0172. The third-order valence-corrected chi connectivity index (χ3v) is 13.1. The van der Waals surface area contributed by atoms with Crippen molar-refractivity contribution in [1.29, 1.82) is 0 Å². The van der Waals surface area contributed by atoms with Gasteiger partial charge >= 0.3 is 0 Å². The van der Waals surface area contributed by atoms with Crippen LogP contribution in [0.25, 0.3) is 99.9 Å². The first-order chi connectivity index (χ1) is 30.3. The maximum absolute atomic E-state index is 5.31. The first kappa shape index (κ1) is 33.9. The van der Waals surface area contributed by atoms with Crippen molar-refractivity contribution in [1.82, 2.24) is 15.0 Å². The molecule has 11 aromatic rings. The van der Waals surface area contributed by atoms with Crippen LogP contribution in [0.5, 0.6) is 0 Å². The van der Waals surface area contributed by atoms with Crippen LogP contribution in [0.15, 0.2) is 212 Å². The summed E-state index contributed by atoms with van der Waals surface area (Å²) in [4.78, 5) is 15.7. The van der Waals surface area contributed by atoms with E-state index in [4.69, 9.17) is 15.0 Å². The van der Waals surface area contributed by atoms with Crippen LogP contribution in [0.2, 0.25) is 0 Å². The summed E-state index contributed by atoms with van der Waals surface area (Å²) in [6, 6.07) is 76.9. The number of hydrogen-bond donors (Lipinski definition) is 0. The topological polar surface area (TPSA) is 38.7 Å². The largest absolute Gasteiger partial charge is 0.208 e. The molecule has 61 heavy (non-hydrogen) atoms. The Balaban J connectivity index is 1.13. The highest BCUT2D eigenvalue weighted by Crippen LogP contribution is 2.65. The molecule has 10 aromatic carbocycles. The molecule has 0 saturated carbocycles. The van der Waals surface area contributed by atoms with Crippen molar-refractivity contribution >= 4 is 32.3 Å². The van der Waals surface area contributed by atoms with Gasteiger partial charge in [0.2, 0.25) is 0 Å². The maximum atomic E-state index is 5.31. The average Bonchev–Trinajstić information content (AvgIpc) is 3.82. The van der Waals surface area contributed by atoms with Gasteiger partial charge < -0.3 is 0 Å². The highest BCUT2D eigenvalue weighted by Gasteiger charge is 2.53. The van der Waals surface area contributed by atoms with E-state index in [0.29, 0.717) is 17.5 Å². The molecule has 13 rings (SSSR count). The fourth-order valence-electron chi connectivity index (χ4n) is 10.7. The minimum Gasteiger partial charge on any atom is -0.208 e. The van der Waals surface area contributed by atoms with Crippen LogP contribution < -0.4 is 0 Å². The van der Waals surface area contributed by atoms with Gasteiger partial charge in [-0.05, 0) is 94.0 Å². The van der Waals surface area contributed by atoms with Crippen molar-refractivity contribution in [2.45, 2.75) is 5.41 Å². The first-order valence-corrected chi connectivity index (χ1v) is 20.9. The molecule has 0 fully saturated rings. The smallest absolute Gasteiger partial charge is 0.165 e. The minimum atomic E-state index is -0.553. The van der Waals surface area contributed by atoms with Crippen molar-refractivity contribution in [3.63, 3.8) is 0 Å². The monoisotopic (exact) mass is 773 g/mol. The van der Waals surface area contributed by atoms with E-state index in [9.17, 15) is 0 Å². The van der Waals surface area contributed by atoms with Crippen molar-refractivity contribution in [3.05, 3.63) is 235 Å². The highest BCUT2D eigenvalue weighted by atomic mass is 15.0. The van der Waals surface area contributed by atoms with Crippen LogP contribution in [0.4, 0.5) is 0 Å². The number of benzene rings is 10. The van der Waals surface area contributed by atoms with Crippen molar-refractivity contribution < 1.29 is 0 Å². The number of aromatic nitrogens is 3. The zero-order valence-electron chi connectivity index (χ0n) is 33.0. The predicted molar refractivity (Wildman–Crippen MR) is 250 cm³/mol. The number of nitrogens with zero attached hydrogens (tertiary/aromatic N) is 3. The van der Waals surface area contributed by atoms with E-state index in [1.165, 1.54) is 66.1 Å². The molecule has 1 aromatic heterocycles. The third kappa shape index (κ3) is 4.77. The average molecular weight is 774 g/mol. The van der Waals surface area contributed by atoms with Gasteiger partial charge in [-0.15, -0.1) is 0 Å². The second kappa shape index (κ2) is 13.0. The second-order valence-electron chi connectivity index (χ2n) is 16.2. The molecular weight excluding hydrogens is 739 g/mol. The lowest BCUT2D eigenvalue weighted by Gasteiger charge is -2.32. The standard InChI is InChI=1S/C58H35N3/c1-3-18-37(19-4-1)55-59-56(38-20-5-2-6-21-38)61-57(60-55)53-40-22-8-7-17-36(40)31-33-41(53)39-32-34-45-44-25-13-15-29-49(44)58(51(45)35-39)50-30-16-14-28-48(50)52-46-26-11-9-23-42(46)43-24-10-12-27-47(43)54(52)58/h1-35H. The van der Waals surface area contributed by atoms with E-state index in [2.05, 4.69) is 176 Å². The van der Waals surface area contributed by atoms with Gasteiger partial charge in [0.1, 0.15) is 0 Å². The van der Waals surface area contributed by atoms with E-state index >= 15 is 0 Å². The highest BCUT2D eigenvalue weighted by molar-refractivity contribution is 6.20. The molecule has 1 atom stereocenters. The SMILES string of the molecule is c1ccc(-c2nc(-c3ccccc3)nc(-c3c(-c4ccc5c(c4)C4(c6ccccc6-5)c5ccccc5-c5c4c4ccccc4c4ccccc54)ccc4ccccc34)n2)cc1. The molecule has 3 heteroatoms. The summed E-state index contributed by atoms with van der Waals surface area (Å²) < 4.78 is 0. The van der Waals surface area contributed by atoms with Crippen molar-refractivity contribution in [2.75, 3.05) is 0 Å². The van der Waals surface area contributed by atoms with E-state index in [-0.39, 0.29) is 0 Å². The Morgan fingerprint density at radius 3 is 1.48 bits per heavy atom. The molecule has 0 radical (unpaired) electrons. The molecular formula is C58H35N3. The number of hydrogen-bond acceptors (Lipinski definition) is 3. The van der Waals surface area contributed by atoms with Crippen LogP contribution in [0.1, 0.15) is 22.3 Å². The molecule has 1 heterocycles. The van der Waals surface area contributed by atoms with Crippen molar-refractivity contribution in [3.8, 4) is 67.5 Å². The van der Waals surface area contributed by atoms with Gasteiger partial charge in [0.25, 0.3) is 0 Å². The van der Waals surface area contributed by atoms with E-state index < -0.39 is 5.41 Å². The zero-order chi connectivity index (χ0) is 40.1. The summed E-state index contributed by atoms with van der Waals surface area (Å²) in [5.74, 6) is 1.93. The van der Waals surface area contributed by atoms with E-state index in [1.807, 2.05) is 36.4 Å². The Labute approximate surface area is 353 Å². The molecule has 0 saturated heterocycles. The van der Waals surface area contributed by atoms with Gasteiger partial charge in [-0.2, -0.15) is 0 Å². The Morgan fingerprint density at radius 2 is 0.770 bits per heavy atom. The van der Waals surface area contributed by atoms with E-state index in [1.54, 1.807) is 0 Å². The van der Waals surface area contributed by atoms with Crippen LogP contribution in [0.3, 0.4) is 0 Å². The van der Waals surface area contributed by atoms with Gasteiger partial charge in [0.15, 0.2) is 17.5 Å². The molecule has 2 aliphatic carbocycles. The van der Waals surface area contributed by atoms with Crippen LogP contribution >= 0.6 is 0 Å². The zero-order valence-corrected chi connectivity index (χ0v) is 33.0. The molecule has 282 valence electrons. The maximum Gasteiger partial charge on any atom is 0.165 e. The van der Waals surface area contributed by atoms with Crippen LogP contribution in [-0.2, 0) is 5.41 Å². The Morgan fingerprint density at radius 1 is 0.279 bits per heavy atom. The Hall–Kier alpha value is -8.01. The summed E-state index contributed by atoms with van der Waals surface area (Å²) >= 11 is 0. The molecule has 2 aliphatic rings. The minimum absolute atomic E-state index is 0.553. The van der Waals surface area contributed by atoms with Gasteiger partial charge in [-0.1, -0.05) is 206 Å². The van der Waals surface area contributed by atoms with Gasteiger partial charge in [-0.25, -0.2) is 15.0 Å². The third-order valence-electron chi connectivity index (χ3n) is 13.1. The molecule has 1 spiro atoms. The fourth-order valence-corrected chi connectivity index (χ4v) is 10.7.